The third-order valence-corrected chi connectivity index (χ3v) is 3.16. The van der Waals surface area contributed by atoms with E-state index in [9.17, 15) is 10.4 Å². The average molecular weight is 283 g/mol. The molecule has 21 heavy (non-hydrogen) atoms. The zero-order valence-corrected chi connectivity index (χ0v) is 11.1. The van der Waals surface area contributed by atoms with E-state index < -0.39 is 0 Å². The minimum atomic E-state index is 0.228. The van der Waals surface area contributed by atoms with Crippen LogP contribution in [0.25, 0.3) is 17.1 Å². The molecule has 0 atom stereocenters. The Bertz CT molecular complexity index is 782. The van der Waals surface area contributed by atoms with Crippen LogP contribution in [0.4, 0.5) is 0 Å². The standard InChI is InChI=1S/C14H13N5O2/c15-14-16-7-3-8-17(14)9-6-11-10-18(20)12-4-1-2-5-13(12)19(11)21/h1-7,9-10H,8H2,(H2,15,16). The molecule has 0 fully saturated rings. The molecule has 1 aromatic carbocycles. The third kappa shape index (κ3) is 2.36. The Labute approximate surface area is 120 Å². The van der Waals surface area contributed by atoms with Gasteiger partial charge in [0.05, 0.1) is 0 Å². The third-order valence-electron chi connectivity index (χ3n) is 3.16. The zero-order chi connectivity index (χ0) is 14.8. The highest BCUT2D eigenvalue weighted by Gasteiger charge is 2.17. The SMILES string of the molecule is NC1=NC=CCN1C=Cc1c[n+]([O-])c2ccccc2[n+]1[O-]. The van der Waals surface area contributed by atoms with Gasteiger partial charge >= 0.3 is 0 Å². The molecular weight excluding hydrogens is 270 g/mol. The Balaban J connectivity index is 2.00. The van der Waals surface area contributed by atoms with E-state index in [1.165, 1.54) is 12.3 Å². The van der Waals surface area contributed by atoms with Crippen molar-refractivity contribution < 1.29 is 9.46 Å². The first kappa shape index (κ1) is 12.9. The van der Waals surface area contributed by atoms with Gasteiger partial charge in [0.25, 0.3) is 22.9 Å². The number of rotatable bonds is 2. The fourth-order valence-electron chi connectivity index (χ4n) is 2.08. The maximum Gasteiger partial charge on any atom is 0.290 e. The summed E-state index contributed by atoms with van der Waals surface area (Å²) in [7, 11) is 0. The van der Waals surface area contributed by atoms with Crippen molar-refractivity contribution in [2.45, 2.75) is 0 Å². The van der Waals surface area contributed by atoms with Crippen molar-refractivity contribution >= 4 is 23.1 Å². The number of aliphatic imine (C=N–C) groups is 1. The van der Waals surface area contributed by atoms with Crippen LogP contribution in [0.5, 0.6) is 0 Å². The highest BCUT2D eigenvalue weighted by atomic mass is 16.5. The van der Waals surface area contributed by atoms with Crippen molar-refractivity contribution in [2.75, 3.05) is 6.54 Å². The number of aromatic nitrogens is 2. The van der Waals surface area contributed by atoms with Crippen molar-refractivity contribution in [3.05, 3.63) is 65.0 Å². The number of nitrogens with two attached hydrogens (primary N) is 1. The lowest BCUT2D eigenvalue weighted by molar-refractivity contribution is -0.630. The van der Waals surface area contributed by atoms with Gasteiger partial charge in [-0.15, -0.1) is 0 Å². The molecule has 0 aliphatic carbocycles. The molecule has 7 nitrogen and oxygen atoms in total. The van der Waals surface area contributed by atoms with Crippen LogP contribution in [0.2, 0.25) is 0 Å². The van der Waals surface area contributed by atoms with Crippen LogP contribution >= 0.6 is 0 Å². The lowest BCUT2D eigenvalue weighted by atomic mass is 10.3. The quantitative estimate of drug-likeness (QED) is 0.630. The molecule has 2 N–H and O–H groups in total. The van der Waals surface area contributed by atoms with Crippen molar-refractivity contribution in [1.82, 2.24) is 4.90 Å². The first-order valence-corrected chi connectivity index (χ1v) is 6.34. The molecule has 7 heteroatoms. The number of benzene rings is 1. The maximum absolute atomic E-state index is 12.3. The molecule has 0 radical (unpaired) electrons. The zero-order valence-electron chi connectivity index (χ0n) is 11.1. The van der Waals surface area contributed by atoms with E-state index in [0.29, 0.717) is 33.0 Å². The monoisotopic (exact) mass is 283 g/mol. The Morgan fingerprint density at radius 1 is 1.24 bits per heavy atom. The van der Waals surface area contributed by atoms with Gasteiger partial charge in [-0.2, -0.15) is 9.46 Å². The number of para-hydroxylation sites is 2. The number of guanidine groups is 1. The van der Waals surface area contributed by atoms with Gasteiger partial charge in [0.15, 0.2) is 5.96 Å². The van der Waals surface area contributed by atoms with Crippen molar-refractivity contribution in [2.24, 2.45) is 10.7 Å². The number of fused-ring (bicyclic) bond motifs is 1. The van der Waals surface area contributed by atoms with Crippen molar-refractivity contribution in [1.29, 1.82) is 0 Å². The summed E-state index contributed by atoms with van der Waals surface area (Å²) in [6, 6.07) is 6.63. The Morgan fingerprint density at radius 2 is 2.00 bits per heavy atom. The molecule has 0 saturated carbocycles. The summed E-state index contributed by atoms with van der Waals surface area (Å²) in [4.78, 5) is 5.62. The summed E-state index contributed by atoms with van der Waals surface area (Å²) in [5, 5.41) is 24.2. The Morgan fingerprint density at radius 3 is 2.76 bits per heavy atom. The van der Waals surface area contributed by atoms with E-state index in [1.807, 2.05) is 6.08 Å². The molecule has 3 rings (SSSR count). The lowest BCUT2D eigenvalue weighted by Crippen LogP contribution is -2.40. The summed E-state index contributed by atoms with van der Waals surface area (Å²) < 4.78 is 1.39. The van der Waals surface area contributed by atoms with Gasteiger partial charge in [-0.05, 0) is 6.08 Å². The van der Waals surface area contributed by atoms with Crippen LogP contribution < -0.4 is 15.2 Å². The molecule has 2 aromatic rings. The fourth-order valence-corrected chi connectivity index (χ4v) is 2.08. The molecule has 1 aliphatic rings. The predicted octanol–water partition coefficient (Wildman–Crippen LogP) is 0.221. The summed E-state index contributed by atoms with van der Waals surface area (Å²) in [6.07, 6.45) is 7.85. The highest BCUT2D eigenvalue weighted by Crippen LogP contribution is 2.07. The second-order valence-electron chi connectivity index (χ2n) is 4.50. The number of nitrogens with zero attached hydrogens (tertiary/aromatic N) is 4. The van der Waals surface area contributed by atoms with E-state index in [4.69, 9.17) is 5.73 Å². The molecule has 106 valence electrons. The maximum atomic E-state index is 12.3. The minimum absolute atomic E-state index is 0.228. The highest BCUT2D eigenvalue weighted by molar-refractivity contribution is 5.81. The van der Waals surface area contributed by atoms with Crippen LogP contribution in [0.3, 0.4) is 0 Å². The van der Waals surface area contributed by atoms with Gasteiger partial charge in [0, 0.05) is 37.2 Å². The molecule has 0 amide bonds. The lowest BCUT2D eigenvalue weighted by Gasteiger charge is -2.18. The normalized spacial score (nSPS) is 14.9. The topological polar surface area (TPSA) is 95.5 Å². The van der Waals surface area contributed by atoms with Crippen LogP contribution in [0.15, 0.2) is 53.9 Å². The summed E-state index contributed by atoms with van der Waals surface area (Å²) in [6.45, 7) is 0.565. The smallest absolute Gasteiger partial charge is 0.290 e. The van der Waals surface area contributed by atoms with Gasteiger partial charge in [-0.3, -0.25) is 0 Å². The van der Waals surface area contributed by atoms with Crippen LogP contribution in [0.1, 0.15) is 5.69 Å². The summed E-state index contributed by atoms with van der Waals surface area (Å²) in [5.74, 6) is 0.335. The average Bonchev–Trinajstić information content (AvgIpc) is 2.51. The van der Waals surface area contributed by atoms with E-state index in [1.54, 1.807) is 41.6 Å². The summed E-state index contributed by atoms with van der Waals surface area (Å²) in [5.41, 5.74) is 6.59. The molecule has 0 unspecified atom stereocenters. The van der Waals surface area contributed by atoms with E-state index in [-0.39, 0.29) is 5.69 Å². The molecule has 1 aliphatic heterocycles. The van der Waals surface area contributed by atoms with Gasteiger partial charge in [-0.1, -0.05) is 12.1 Å². The minimum Gasteiger partial charge on any atom is -0.618 e. The van der Waals surface area contributed by atoms with E-state index in [0.717, 1.165) is 0 Å². The van der Waals surface area contributed by atoms with Gasteiger partial charge in [0.1, 0.15) is 0 Å². The largest absolute Gasteiger partial charge is 0.618 e. The van der Waals surface area contributed by atoms with Crippen molar-refractivity contribution in [3.63, 3.8) is 0 Å². The summed E-state index contributed by atoms with van der Waals surface area (Å²) >= 11 is 0. The van der Waals surface area contributed by atoms with Gasteiger partial charge < -0.3 is 21.0 Å². The Hall–Kier alpha value is -3.09. The fraction of sp³-hybridized carbons (Fsp3) is 0.0714. The second-order valence-corrected chi connectivity index (χ2v) is 4.50. The number of hydrogen-bond acceptors (Lipinski definition) is 5. The molecule has 2 heterocycles. The first-order valence-electron chi connectivity index (χ1n) is 6.34. The van der Waals surface area contributed by atoms with Crippen LogP contribution in [-0.2, 0) is 0 Å². The van der Waals surface area contributed by atoms with E-state index >= 15 is 0 Å². The molecule has 0 saturated heterocycles. The molecule has 0 spiro atoms. The number of hydrogen-bond donors (Lipinski definition) is 1. The predicted molar refractivity (Wildman–Crippen MR) is 78.4 cm³/mol. The Kier molecular flexibility index (Phi) is 3.15. The molecule has 0 bridgehead atoms. The van der Waals surface area contributed by atoms with Crippen LogP contribution in [0, 0.1) is 10.4 Å². The van der Waals surface area contributed by atoms with Gasteiger partial charge in [0.2, 0.25) is 0 Å². The molecule has 1 aromatic heterocycles. The van der Waals surface area contributed by atoms with Crippen molar-refractivity contribution in [3.8, 4) is 0 Å². The van der Waals surface area contributed by atoms with Gasteiger partial charge in [-0.25, -0.2) is 4.99 Å². The molecular formula is C14H13N5O2. The van der Waals surface area contributed by atoms with E-state index in [2.05, 4.69) is 4.99 Å². The first-order chi connectivity index (χ1) is 10.2. The van der Waals surface area contributed by atoms with Crippen LogP contribution in [-0.4, -0.2) is 17.4 Å². The second kappa shape index (κ2) is 5.12.